The van der Waals surface area contributed by atoms with Crippen LogP contribution in [-0.4, -0.2) is 30.9 Å². The fourth-order valence-electron chi connectivity index (χ4n) is 2.46. The van der Waals surface area contributed by atoms with Crippen LogP contribution in [0.15, 0.2) is 30.3 Å². The molecule has 128 valence electrons. The van der Waals surface area contributed by atoms with Crippen LogP contribution in [-0.2, 0) is 23.2 Å². The van der Waals surface area contributed by atoms with E-state index in [0.717, 1.165) is 5.56 Å². The van der Waals surface area contributed by atoms with Crippen LogP contribution in [0.5, 0.6) is 0 Å². The monoisotopic (exact) mass is 340 g/mol. The van der Waals surface area contributed by atoms with Crippen molar-refractivity contribution in [3.8, 4) is 0 Å². The van der Waals surface area contributed by atoms with Gasteiger partial charge in [-0.1, -0.05) is 30.3 Å². The largest absolute Gasteiger partial charge is 0.338 e. The maximum absolute atomic E-state index is 12.4. The van der Waals surface area contributed by atoms with Crippen molar-refractivity contribution in [2.75, 3.05) is 19.4 Å². The molecule has 5 nitrogen and oxygen atoms in total. The summed E-state index contributed by atoms with van der Waals surface area (Å²) >= 11 is 0. The first-order valence-electron chi connectivity index (χ1n) is 7.84. The second-order valence-corrected chi connectivity index (χ2v) is 7.42. The molecule has 0 saturated heterocycles. The van der Waals surface area contributed by atoms with Gasteiger partial charge < -0.3 is 13.8 Å². The minimum atomic E-state index is -3.39. The molecule has 0 heterocycles. The quantitative estimate of drug-likeness (QED) is 0.570. The van der Waals surface area contributed by atoms with Gasteiger partial charge in [0.25, 0.3) is 0 Å². The van der Waals surface area contributed by atoms with Gasteiger partial charge in [0.1, 0.15) is 17.7 Å². The molecule has 0 radical (unpaired) electrons. The summed E-state index contributed by atoms with van der Waals surface area (Å²) in [7, 11) is -3.39. The van der Waals surface area contributed by atoms with E-state index in [0.29, 0.717) is 0 Å². The lowest BCUT2D eigenvalue weighted by Gasteiger charge is -2.19. The second kappa shape index (κ2) is 9.76. The highest BCUT2D eigenvalue weighted by Crippen LogP contribution is 2.48. The van der Waals surface area contributed by atoms with Crippen LogP contribution >= 0.6 is 7.60 Å². The van der Waals surface area contributed by atoms with E-state index < -0.39 is 7.60 Å². The van der Waals surface area contributed by atoms with Gasteiger partial charge in [0.15, 0.2) is 0 Å². The molecule has 0 aliphatic carbocycles. The van der Waals surface area contributed by atoms with E-state index in [4.69, 9.17) is 9.05 Å². The summed E-state index contributed by atoms with van der Waals surface area (Å²) in [5.41, 5.74) is 0.929. The Bertz CT molecular complexity index is 545. The van der Waals surface area contributed by atoms with Crippen molar-refractivity contribution in [2.24, 2.45) is 0 Å². The third-order valence-electron chi connectivity index (χ3n) is 3.30. The summed E-state index contributed by atoms with van der Waals surface area (Å²) in [5, 5.41) is 0. The molecule has 0 saturated carbocycles. The summed E-state index contributed by atoms with van der Waals surface area (Å²) in [6.45, 7) is 5.36. The van der Waals surface area contributed by atoms with E-state index in [2.05, 4.69) is 0 Å². The van der Waals surface area contributed by atoms with Gasteiger partial charge in [-0.05, 0) is 32.3 Å². The first-order valence-corrected chi connectivity index (χ1v) is 9.57. The molecule has 0 aliphatic heterocycles. The first kappa shape index (κ1) is 19.8. The Morgan fingerprint density at radius 2 is 1.61 bits per heavy atom. The van der Waals surface area contributed by atoms with Gasteiger partial charge in [-0.25, -0.2) is 0 Å². The Labute approximate surface area is 137 Å². The fraction of sp³-hybridized carbons (Fsp3) is 0.529. The molecule has 0 spiro atoms. The van der Waals surface area contributed by atoms with Crippen molar-refractivity contribution in [3.63, 3.8) is 0 Å². The smallest absolute Gasteiger partial charge is 0.309 e. The van der Waals surface area contributed by atoms with Crippen LogP contribution in [0.1, 0.15) is 45.1 Å². The van der Waals surface area contributed by atoms with Gasteiger partial charge >= 0.3 is 7.60 Å². The van der Waals surface area contributed by atoms with E-state index in [1.165, 1.54) is 6.92 Å². The highest BCUT2D eigenvalue weighted by molar-refractivity contribution is 7.54. The molecule has 0 amide bonds. The minimum absolute atomic E-state index is 0.0180. The molecule has 1 unspecified atom stereocenters. The van der Waals surface area contributed by atoms with Gasteiger partial charge in [-0.15, -0.1) is 0 Å². The van der Waals surface area contributed by atoms with Crippen molar-refractivity contribution in [1.29, 1.82) is 0 Å². The lowest BCUT2D eigenvalue weighted by molar-refractivity contribution is -0.118. The second-order valence-electron chi connectivity index (χ2n) is 5.36. The van der Waals surface area contributed by atoms with Crippen molar-refractivity contribution in [3.05, 3.63) is 35.9 Å². The molecule has 1 atom stereocenters. The highest BCUT2D eigenvalue weighted by Gasteiger charge is 2.29. The van der Waals surface area contributed by atoms with Gasteiger partial charge in [0.2, 0.25) is 0 Å². The minimum Gasteiger partial charge on any atom is -0.309 e. The molecule has 0 N–H and O–H groups in total. The van der Waals surface area contributed by atoms with Crippen LogP contribution in [0.4, 0.5) is 0 Å². The molecule has 0 bridgehead atoms. The molecule has 23 heavy (non-hydrogen) atoms. The van der Waals surface area contributed by atoms with Gasteiger partial charge in [0, 0.05) is 12.8 Å². The standard InChI is InChI=1S/C17H25O5P/c1-4-21-23(20,22-5-2)13-17(19)12-16(11-14(3)18)15-9-7-6-8-10-15/h6-10,16H,4-5,11-13H2,1-3H3. The fourth-order valence-corrected chi connectivity index (χ4v) is 4.06. The molecule has 1 aromatic carbocycles. The zero-order valence-electron chi connectivity index (χ0n) is 14.0. The summed E-state index contributed by atoms with van der Waals surface area (Å²) in [6.07, 6.45) is 0.174. The zero-order valence-corrected chi connectivity index (χ0v) is 14.9. The van der Waals surface area contributed by atoms with Crippen molar-refractivity contribution in [2.45, 2.75) is 39.5 Å². The van der Waals surface area contributed by atoms with E-state index in [9.17, 15) is 14.2 Å². The molecule has 1 aromatic rings. The number of hydrogen-bond acceptors (Lipinski definition) is 5. The van der Waals surface area contributed by atoms with Crippen molar-refractivity contribution >= 4 is 19.2 Å². The molecule has 0 aromatic heterocycles. The van der Waals surface area contributed by atoms with Crippen LogP contribution < -0.4 is 0 Å². The SMILES string of the molecule is CCOP(=O)(CC(=O)CC(CC(C)=O)c1ccccc1)OCC. The predicted octanol–water partition coefficient (Wildman–Crippen LogP) is 3.97. The summed E-state index contributed by atoms with van der Waals surface area (Å²) < 4.78 is 22.7. The molecule has 6 heteroatoms. The van der Waals surface area contributed by atoms with E-state index in [1.54, 1.807) is 13.8 Å². The molecule has 1 rings (SSSR count). The maximum atomic E-state index is 12.4. The highest BCUT2D eigenvalue weighted by atomic mass is 31.2. The number of Topliss-reactive ketones (excluding diaryl/α,β-unsaturated/α-hetero) is 2. The molecular weight excluding hydrogens is 315 g/mol. The van der Waals surface area contributed by atoms with Crippen LogP contribution in [0.25, 0.3) is 0 Å². The average molecular weight is 340 g/mol. The number of hydrogen-bond donors (Lipinski definition) is 0. The lowest BCUT2D eigenvalue weighted by atomic mass is 9.90. The normalized spacial score (nSPS) is 12.8. The first-order chi connectivity index (χ1) is 10.9. The number of carbonyl (C=O) groups is 2. The summed E-state index contributed by atoms with van der Waals surface area (Å²) in [6, 6.07) is 9.42. The van der Waals surface area contributed by atoms with Crippen molar-refractivity contribution in [1.82, 2.24) is 0 Å². The molecule has 0 fully saturated rings. The Morgan fingerprint density at radius 3 is 2.09 bits per heavy atom. The Hall–Kier alpha value is -1.29. The summed E-state index contributed by atoms with van der Waals surface area (Å²) in [5.74, 6) is -0.410. The Kier molecular flexibility index (Phi) is 8.38. The van der Waals surface area contributed by atoms with Gasteiger partial charge in [-0.3, -0.25) is 9.36 Å². The van der Waals surface area contributed by atoms with Crippen LogP contribution in [0.2, 0.25) is 0 Å². The zero-order chi connectivity index (χ0) is 17.3. The van der Waals surface area contributed by atoms with E-state index in [1.807, 2.05) is 30.3 Å². The van der Waals surface area contributed by atoms with E-state index >= 15 is 0 Å². The number of rotatable bonds is 11. The predicted molar refractivity (Wildman–Crippen MR) is 89.8 cm³/mol. The third kappa shape index (κ3) is 7.21. The lowest BCUT2D eigenvalue weighted by Crippen LogP contribution is -2.15. The number of benzene rings is 1. The van der Waals surface area contributed by atoms with Crippen LogP contribution in [0.3, 0.4) is 0 Å². The molecular formula is C17H25O5P. The third-order valence-corrected chi connectivity index (χ3v) is 5.34. The number of carbonyl (C=O) groups excluding carboxylic acids is 2. The van der Waals surface area contributed by atoms with E-state index in [-0.39, 0.29) is 49.7 Å². The number of ketones is 2. The molecule has 0 aliphatic rings. The van der Waals surface area contributed by atoms with Gasteiger partial charge in [0.05, 0.1) is 13.2 Å². The Morgan fingerprint density at radius 1 is 1.04 bits per heavy atom. The topological polar surface area (TPSA) is 69.7 Å². The summed E-state index contributed by atoms with van der Waals surface area (Å²) in [4.78, 5) is 23.8. The van der Waals surface area contributed by atoms with Crippen molar-refractivity contribution < 1.29 is 23.2 Å². The maximum Gasteiger partial charge on any atom is 0.338 e. The Balaban J connectivity index is 2.80. The average Bonchev–Trinajstić information content (AvgIpc) is 2.47. The van der Waals surface area contributed by atoms with Crippen LogP contribution in [0, 0.1) is 0 Å². The van der Waals surface area contributed by atoms with Gasteiger partial charge in [-0.2, -0.15) is 0 Å².